The third-order valence-electron chi connectivity index (χ3n) is 4.39. The highest BCUT2D eigenvalue weighted by atomic mass is 15.1. The van der Waals surface area contributed by atoms with Gasteiger partial charge < -0.3 is 4.90 Å². The van der Waals surface area contributed by atoms with E-state index in [2.05, 4.69) is 30.0 Å². The second kappa shape index (κ2) is 13.3. The summed E-state index contributed by atoms with van der Waals surface area (Å²) in [6.45, 7) is 4.73. The summed E-state index contributed by atoms with van der Waals surface area (Å²) in [6.07, 6.45) is 10.8. The molecule has 0 aliphatic carbocycles. The van der Waals surface area contributed by atoms with Crippen LogP contribution in [0.15, 0.2) is 78.5 Å². The number of benzene rings is 2. The molecule has 0 N–H and O–H groups in total. The predicted molar refractivity (Wildman–Crippen MR) is 111 cm³/mol. The van der Waals surface area contributed by atoms with Gasteiger partial charge in [-0.1, -0.05) is 84.8 Å². The maximum Gasteiger partial charge on any atom is 0.0177 e. The fraction of sp³-hybridized carbons (Fsp3) is 0.391. The lowest BCUT2D eigenvalue weighted by Crippen LogP contribution is -2.26. The molecule has 0 saturated carbocycles. The maximum absolute atomic E-state index is 2.59. The average Bonchev–Trinajstić information content (AvgIpc) is 2.90. The Bertz CT molecular complexity index is 538. The minimum Gasteiger partial charge on any atom is -0.375 e. The summed E-state index contributed by atoms with van der Waals surface area (Å²) < 4.78 is 0. The molecule has 0 aromatic heterocycles. The van der Waals surface area contributed by atoms with E-state index in [0.29, 0.717) is 0 Å². The van der Waals surface area contributed by atoms with Crippen molar-refractivity contribution in [3.05, 3.63) is 84.1 Å². The molecular weight excluding hydrogens is 301 g/mol. The van der Waals surface area contributed by atoms with Crippen LogP contribution in [0.2, 0.25) is 0 Å². The standard InChI is InChI=1S/C10H17N.C7H8.C6H6.B/c1-2-6-10-7-3-5-9-11(10)8-4-1;1-7-5-3-2-4-6-7;1-2-4-6-5-3-1;/h7H,1-6,8-9H2;2-6H,1H3;1-6H;. The lowest BCUT2D eigenvalue weighted by Gasteiger charge is -2.28. The molecule has 2 heteroatoms. The van der Waals surface area contributed by atoms with Crippen LogP contribution in [-0.4, -0.2) is 26.4 Å². The van der Waals surface area contributed by atoms with E-state index in [1.165, 1.54) is 57.2 Å². The van der Waals surface area contributed by atoms with Crippen molar-refractivity contribution < 1.29 is 0 Å². The molecule has 4 rings (SSSR count). The largest absolute Gasteiger partial charge is 0.375 e. The Hall–Kier alpha value is -1.96. The minimum atomic E-state index is 0. The Kier molecular flexibility index (Phi) is 11.3. The monoisotopic (exact) mass is 332 g/mol. The summed E-state index contributed by atoms with van der Waals surface area (Å²) >= 11 is 0. The third-order valence-corrected chi connectivity index (χ3v) is 4.39. The first-order chi connectivity index (χ1) is 11.9. The summed E-state index contributed by atoms with van der Waals surface area (Å²) in [6, 6.07) is 22.3. The number of allylic oxidation sites excluding steroid dienone is 2. The number of rotatable bonds is 0. The Morgan fingerprint density at radius 1 is 0.680 bits per heavy atom. The molecule has 2 aliphatic heterocycles. The first-order valence-electron chi connectivity index (χ1n) is 9.32. The SMILES string of the molecule is C1=C2CCCCCN2CCC1.Cc1ccccc1.[B].c1ccccc1. The van der Waals surface area contributed by atoms with Gasteiger partial charge in [0.1, 0.15) is 0 Å². The first kappa shape index (κ1) is 21.1. The van der Waals surface area contributed by atoms with E-state index in [9.17, 15) is 0 Å². The van der Waals surface area contributed by atoms with Gasteiger partial charge in [-0.15, -0.1) is 0 Å². The van der Waals surface area contributed by atoms with Crippen LogP contribution in [0.4, 0.5) is 0 Å². The molecule has 0 unspecified atom stereocenters. The van der Waals surface area contributed by atoms with Gasteiger partial charge in [-0.25, -0.2) is 0 Å². The van der Waals surface area contributed by atoms with Crippen molar-refractivity contribution in [3.63, 3.8) is 0 Å². The first-order valence-corrected chi connectivity index (χ1v) is 9.32. The van der Waals surface area contributed by atoms with Crippen LogP contribution in [0, 0.1) is 6.92 Å². The fourth-order valence-corrected chi connectivity index (χ4v) is 3.04. The van der Waals surface area contributed by atoms with E-state index >= 15 is 0 Å². The van der Waals surface area contributed by atoms with Gasteiger partial charge in [-0.3, -0.25) is 0 Å². The van der Waals surface area contributed by atoms with E-state index < -0.39 is 0 Å². The molecule has 0 atom stereocenters. The van der Waals surface area contributed by atoms with Gasteiger partial charge in [0, 0.05) is 27.2 Å². The highest BCUT2D eigenvalue weighted by molar-refractivity contribution is 5.75. The minimum absolute atomic E-state index is 0. The number of nitrogens with zero attached hydrogens (tertiary/aromatic N) is 1. The molecule has 2 aliphatic rings. The predicted octanol–water partition coefficient (Wildman–Crippen LogP) is 5.84. The van der Waals surface area contributed by atoms with Gasteiger partial charge >= 0.3 is 0 Å². The molecule has 131 valence electrons. The zero-order valence-electron chi connectivity index (χ0n) is 15.6. The zero-order chi connectivity index (χ0) is 16.9. The zero-order valence-corrected chi connectivity index (χ0v) is 15.6. The van der Waals surface area contributed by atoms with E-state index in [1.54, 1.807) is 5.70 Å². The van der Waals surface area contributed by atoms with Crippen LogP contribution in [-0.2, 0) is 0 Å². The average molecular weight is 332 g/mol. The molecule has 25 heavy (non-hydrogen) atoms. The highest BCUT2D eigenvalue weighted by Gasteiger charge is 2.14. The fourth-order valence-electron chi connectivity index (χ4n) is 3.04. The van der Waals surface area contributed by atoms with Gasteiger partial charge in [0.25, 0.3) is 0 Å². The molecule has 1 saturated heterocycles. The van der Waals surface area contributed by atoms with E-state index in [4.69, 9.17) is 0 Å². The van der Waals surface area contributed by atoms with Crippen molar-refractivity contribution in [2.24, 2.45) is 0 Å². The highest BCUT2D eigenvalue weighted by Crippen LogP contribution is 2.23. The van der Waals surface area contributed by atoms with Crippen LogP contribution in [0.3, 0.4) is 0 Å². The van der Waals surface area contributed by atoms with E-state index in [-0.39, 0.29) is 8.41 Å². The van der Waals surface area contributed by atoms with Crippen LogP contribution in [0.1, 0.15) is 44.1 Å². The van der Waals surface area contributed by atoms with Gasteiger partial charge in [-0.2, -0.15) is 0 Å². The van der Waals surface area contributed by atoms with Crippen molar-refractivity contribution in [1.29, 1.82) is 0 Å². The van der Waals surface area contributed by atoms with Crippen LogP contribution in [0.5, 0.6) is 0 Å². The Balaban J connectivity index is 0.000000195. The molecule has 2 aromatic carbocycles. The molecule has 0 spiro atoms. The Morgan fingerprint density at radius 2 is 1.24 bits per heavy atom. The summed E-state index contributed by atoms with van der Waals surface area (Å²) in [7, 11) is 0. The molecule has 3 radical (unpaired) electrons. The quantitative estimate of drug-likeness (QED) is 0.548. The van der Waals surface area contributed by atoms with Gasteiger partial charge in [0.2, 0.25) is 0 Å². The molecule has 2 aromatic rings. The number of aryl methyl sites for hydroxylation is 1. The molecule has 1 nitrogen and oxygen atoms in total. The van der Waals surface area contributed by atoms with Gasteiger partial charge in [-0.05, 0) is 39.0 Å². The van der Waals surface area contributed by atoms with Crippen molar-refractivity contribution in [2.75, 3.05) is 13.1 Å². The number of fused-ring (bicyclic) bond motifs is 1. The maximum atomic E-state index is 2.59. The smallest absolute Gasteiger partial charge is 0.0177 e. The summed E-state index contributed by atoms with van der Waals surface area (Å²) in [5, 5.41) is 0. The van der Waals surface area contributed by atoms with Crippen molar-refractivity contribution in [1.82, 2.24) is 4.90 Å². The normalized spacial score (nSPS) is 15.6. The number of hydrogen-bond acceptors (Lipinski definition) is 1. The number of hydrogen-bond donors (Lipinski definition) is 0. The van der Waals surface area contributed by atoms with Crippen LogP contribution >= 0.6 is 0 Å². The van der Waals surface area contributed by atoms with E-state index in [0.717, 1.165) is 0 Å². The lowest BCUT2D eigenvalue weighted by molar-refractivity contribution is 0.323. The third kappa shape index (κ3) is 9.19. The molecular formula is C23H31BN. The second-order valence-corrected chi connectivity index (χ2v) is 6.44. The topological polar surface area (TPSA) is 3.24 Å². The van der Waals surface area contributed by atoms with E-state index in [1.807, 2.05) is 54.6 Å². The van der Waals surface area contributed by atoms with Crippen LogP contribution in [0.25, 0.3) is 0 Å². The van der Waals surface area contributed by atoms with Crippen LogP contribution < -0.4 is 0 Å². The van der Waals surface area contributed by atoms with Gasteiger partial charge in [0.05, 0.1) is 0 Å². The van der Waals surface area contributed by atoms with Crippen molar-refractivity contribution in [2.45, 2.75) is 45.4 Å². The van der Waals surface area contributed by atoms with Gasteiger partial charge in [0.15, 0.2) is 0 Å². The second-order valence-electron chi connectivity index (χ2n) is 6.44. The molecule has 0 bridgehead atoms. The molecule has 0 amide bonds. The summed E-state index contributed by atoms with van der Waals surface area (Å²) in [5.41, 5.74) is 2.97. The lowest BCUT2D eigenvalue weighted by atomic mass is 10.1. The summed E-state index contributed by atoms with van der Waals surface area (Å²) in [4.78, 5) is 2.59. The summed E-state index contributed by atoms with van der Waals surface area (Å²) in [5.74, 6) is 0. The molecule has 2 heterocycles. The molecule has 1 fully saturated rings. The Morgan fingerprint density at radius 3 is 1.80 bits per heavy atom. The van der Waals surface area contributed by atoms with Crippen molar-refractivity contribution >= 4 is 8.41 Å². The van der Waals surface area contributed by atoms with Crippen molar-refractivity contribution in [3.8, 4) is 0 Å². The Labute approximate surface area is 156 Å².